The molecule has 2 saturated heterocycles. The molecule has 0 spiro atoms. The van der Waals surface area contributed by atoms with E-state index < -0.39 is 0 Å². The lowest BCUT2D eigenvalue weighted by Crippen LogP contribution is -2.47. The highest BCUT2D eigenvalue weighted by atomic mass is 32.1. The Morgan fingerprint density at radius 1 is 0.774 bits per heavy atom. The third-order valence-electron chi connectivity index (χ3n) is 6.90. The van der Waals surface area contributed by atoms with Gasteiger partial charge in [0.25, 0.3) is 0 Å². The fraction of sp³-hybridized carbons (Fsp3) is 0.727. The first-order chi connectivity index (χ1) is 15.2. The first-order valence-corrected chi connectivity index (χ1v) is 12.6. The van der Waals surface area contributed by atoms with Gasteiger partial charge in [-0.1, -0.05) is 30.6 Å². The van der Waals surface area contributed by atoms with Gasteiger partial charge in [-0.25, -0.2) is 9.97 Å². The summed E-state index contributed by atoms with van der Waals surface area (Å²) in [6.07, 6.45) is 6.62. The van der Waals surface area contributed by atoms with Crippen LogP contribution in [0.15, 0.2) is 6.07 Å². The van der Waals surface area contributed by atoms with Crippen molar-refractivity contribution in [2.24, 2.45) is 0 Å². The van der Waals surface area contributed by atoms with E-state index in [-0.39, 0.29) is 0 Å². The van der Waals surface area contributed by atoms with Crippen molar-refractivity contribution in [2.75, 3.05) is 74.1 Å². The molecule has 0 radical (unpaired) electrons. The van der Waals surface area contributed by atoms with Crippen LogP contribution in [0.2, 0.25) is 0 Å². The number of nitrogens with zero attached hydrogens (tertiary/aromatic N) is 8. The molecule has 2 aliphatic heterocycles. The average molecular weight is 443 g/mol. The fourth-order valence-corrected chi connectivity index (χ4v) is 5.96. The van der Waals surface area contributed by atoms with E-state index in [4.69, 9.17) is 9.97 Å². The zero-order valence-electron chi connectivity index (χ0n) is 18.8. The van der Waals surface area contributed by atoms with Crippen LogP contribution in [-0.4, -0.2) is 84.5 Å². The molecule has 3 aliphatic rings. The van der Waals surface area contributed by atoms with Gasteiger partial charge in [0.1, 0.15) is 22.5 Å². The van der Waals surface area contributed by atoms with Crippen LogP contribution in [0.3, 0.4) is 0 Å². The van der Waals surface area contributed by atoms with E-state index >= 15 is 0 Å². The largest absolute Gasteiger partial charge is 0.354 e. The van der Waals surface area contributed by atoms with Gasteiger partial charge in [0.05, 0.1) is 0 Å². The number of aryl methyl sites for hydroxylation is 1. The van der Waals surface area contributed by atoms with E-state index in [1.165, 1.54) is 37.1 Å². The van der Waals surface area contributed by atoms with Crippen molar-refractivity contribution in [1.82, 2.24) is 25.1 Å². The third-order valence-corrected chi connectivity index (χ3v) is 8.04. The van der Waals surface area contributed by atoms with Crippen LogP contribution in [0.4, 0.5) is 16.8 Å². The summed E-state index contributed by atoms with van der Waals surface area (Å²) in [5.74, 6) is 3.62. The van der Waals surface area contributed by atoms with Crippen LogP contribution in [-0.2, 0) is 0 Å². The summed E-state index contributed by atoms with van der Waals surface area (Å²) in [7, 11) is 2.18. The number of aromatic nitrogens is 4. The molecule has 0 aromatic carbocycles. The van der Waals surface area contributed by atoms with Crippen molar-refractivity contribution < 1.29 is 0 Å². The molecule has 0 bridgehead atoms. The fourth-order valence-electron chi connectivity index (χ4n) is 4.89. The molecular formula is C22H34N8S. The lowest BCUT2D eigenvalue weighted by molar-refractivity contribution is 0.312. The highest BCUT2D eigenvalue weighted by molar-refractivity contribution is 7.15. The molecule has 0 N–H and O–H groups in total. The predicted molar refractivity (Wildman–Crippen MR) is 127 cm³/mol. The predicted octanol–water partition coefficient (Wildman–Crippen LogP) is 2.76. The average Bonchev–Trinajstić information content (AvgIpc) is 3.30. The summed E-state index contributed by atoms with van der Waals surface area (Å²) in [6.45, 7) is 10.1. The summed E-state index contributed by atoms with van der Waals surface area (Å²) in [6, 6.07) is 2.18. The molecule has 168 valence electrons. The number of anilines is 3. The molecule has 2 aromatic rings. The Morgan fingerprint density at radius 2 is 1.35 bits per heavy atom. The second kappa shape index (κ2) is 9.24. The zero-order valence-corrected chi connectivity index (χ0v) is 19.6. The van der Waals surface area contributed by atoms with Gasteiger partial charge in [-0.05, 0) is 26.8 Å². The number of piperazine rings is 2. The molecule has 0 unspecified atom stereocenters. The first-order valence-electron chi connectivity index (χ1n) is 11.8. The standard InChI is InChI=1S/C22H34N8S/c1-17-23-19(28-10-8-27(2)9-11-28)16-20(24-17)29-12-14-30(15-13-29)22-26-25-21(31-22)18-6-4-3-5-7-18/h16,18H,3-15H2,1-2H3. The molecule has 4 heterocycles. The SMILES string of the molecule is Cc1nc(N2CCN(C)CC2)cc(N2CCN(c3nnc(C4CCCCC4)s3)CC2)n1. The number of hydrogen-bond acceptors (Lipinski definition) is 9. The second-order valence-electron chi connectivity index (χ2n) is 9.15. The minimum atomic E-state index is 0.637. The summed E-state index contributed by atoms with van der Waals surface area (Å²) in [4.78, 5) is 19.1. The Kier molecular flexibility index (Phi) is 6.22. The van der Waals surface area contributed by atoms with Crippen molar-refractivity contribution >= 4 is 28.1 Å². The van der Waals surface area contributed by atoms with Gasteiger partial charge < -0.3 is 19.6 Å². The van der Waals surface area contributed by atoms with E-state index in [1.54, 1.807) is 0 Å². The van der Waals surface area contributed by atoms with Gasteiger partial charge in [0, 0.05) is 64.3 Å². The van der Waals surface area contributed by atoms with E-state index in [9.17, 15) is 0 Å². The molecule has 1 saturated carbocycles. The Morgan fingerprint density at radius 3 is 2.00 bits per heavy atom. The van der Waals surface area contributed by atoms with E-state index in [0.717, 1.165) is 74.9 Å². The summed E-state index contributed by atoms with van der Waals surface area (Å²) in [5, 5.41) is 11.4. The quantitative estimate of drug-likeness (QED) is 0.716. The minimum Gasteiger partial charge on any atom is -0.354 e. The number of rotatable bonds is 4. The minimum absolute atomic E-state index is 0.637. The third kappa shape index (κ3) is 4.77. The second-order valence-corrected chi connectivity index (χ2v) is 10.1. The smallest absolute Gasteiger partial charge is 0.208 e. The molecule has 5 rings (SSSR count). The molecule has 8 nitrogen and oxygen atoms in total. The van der Waals surface area contributed by atoms with Crippen molar-refractivity contribution in [3.63, 3.8) is 0 Å². The maximum Gasteiger partial charge on any atom is 0.208 e. The van der Waals surface area contributed by atoms with Crippen LogP contribution in [0.25, 0.3) is 0 Å². The Bertz CT molecular complexity index is 864. The van der Waals surface area contributed by atoms with Crippen molar-refractivity contribution in [2.45, 2.75) is 44.9 Å². The highest BCUT2D eigenvalue weighted by Crippen LogP contribution is 2.36. The van der Waals surface area contributed by atoms with Crippen LogP contribution in [0.5, 0.6) is 0 Å². The molecule has 31 heavy (non-hydrogen) atoms. The number of likely N-dealkylation sites (N-methyl/N-ethyl adjacent to an activating group) is 1. The van der Waals surface area contributed by atoms with Gasteiger partial charge in [-0.3, -0.25) is 0 Å². The van der Waals surface area contributed by atoms with Crippen LogP contribution in [0, 0.1) is 6.92 Å². The van der Waals surface area contributed by atoms with Crippen molar-refractivity contribution in [1.29, 1.82) is 0 Å². The van der Waals surface area contributed by atoms with Gasteiger partial charge in [-0.2, -0.15) is 0 Å². The van der Waals surface area contributed by atoms with Crippen molar-refractivity contribution in [3.05, 3.63) is 16.9 Å². The van der Waals surface area contributed by atoms with Crippen LogP contribution < -0.4 is 14.7 Å². The Labute approximate surface area is 189 Å². The van der Waals surface area contributed by atoms with Crippen molar-refractivity contribution in [3.8, 4) is 0 Å². The highest BCUT2D eigenvalue weighted by Gasteiger charge is 2.25. The van der Waals surface area contributed by atoms with Gasteiger partial charge in [0.15, 0.2) is 0 Å². The molecule has 1 aliphatic carbocycles. The molecule has 3 fully saturated rings. The monoisotopic (exact) mass is 442 g/mol. The van der Waals surface area contributed by atoms with Crippen LogP contribution in [0.1, 0.15) is 48.9 Å². The molecule has 2 aromatic heterocycles. The summed E-state index contributed by atoms with van der Waals surface area (Å²) >= 11 is 1.82. The summed E-state index contributed by atoms with van der Waals surface area (Å²) < 4.78 is 0. The molecule has 0 atom stereocenters. The first kappa shape index (κ1) is 20.9. The Balaban J connectivity index is 1.22. The Hall–Kier alpha value is -2.00. The van der Waals surface area contributed by atoms with E-state index in [2.05, 4.69) is 42.9 Å². The van der Waals surface area contributed by atoms with Crippen LogP contribution >= 0.6 is 11.3 Å². The number of hydrogen-bond donors (Lipinski definition) is 0. The topological polar surface area (TPSA) is 64.5 Å². The van der Waals surface area contributed by atoms with Gasteiger partial charge in [0.2, 0.25) is 5.13 Å². The van der Waals surface area contributed by atoms with Gasteiger partial charge >= 0.3 is 0 Å². The maximum atomic E-state index is 4.76. The van der Waals surface area contributed by atoms with E-state index in [0.29, 0.717) is 5.92 Å². The van der Waals surface area contributed by atoms with E-state index in [1.807, 2.05) is 18.3 Å². The summed E-state index contributed by atoms with van der Waals surface area (Å²) in [5.41, 5.74) is 0. The lowest BCUT2D eigenvalue weighted by Gasteiger charge is -2.36. The molecule has 0 amide bonds. The maximum absolute atomic E-state index is 4.76. The molecular weight excluding hydrogens is 408 g/mol. The lowest BCUT2D eigenvalue weighted by atomic mass is 9.90. The van der Waals surface area contributed by atoms with Gasteiger partial charge in [-0.15, -0.1) is 10.2 Å². The molecule has 9 heteroatoms. The normalized spacial score (nSPS) is 21.7. The zero-order chi connectivity index (χ0) is 21.2.